The molecule has 0 N–H and O–H groups in total. The number of ether oxygens (including phenoxy) is 2. The lowest BCUT2D eigenvalue weighted by atomic mass is 10.2. The average molecular weight is 432 g/mol. The van der Waals surface area contributed by atoms with E-state index in [2.05, 4.69) is 30.9 Å². The largest absolute Gasteiger partial charge is 0.379 e. The van der Waals surface area contributed by atoms with Crippen LogP contribution in [-0.2, 0) is 9.47 Å². The van der Waals surface area contributed by atoms with E-state index in [1.165, 1.54) is 0 Å². The molecule has 2 saturated heterocycles. The summed E-state index contributed by atoms with van der Waals surface area (Å²) in [5.74, 6) is -2.43. The van der Waals surface area contributed by atoms with Gasteiger partial charge in [-0.3, -0.25) is 4.90 Å². The number of anilines is 1. The minimum atomic E-state index is -2.92. The fraction of sp³-hybridized carbons (Fsp3) is 0.625. The molecule has 4 rings (SSSR count). The van der Waals surface area contributed by atoms with Crippen molar-refractivity contribution in [3.05, 3.63) is 23.1 Å². The second kappa shape index (κ2) is 7.34. The lowest BCUT2D eigenvalue weighted by Gasteiger charge is -2.27. The molecule has 2 aromatic rings. The summed E-state index contributed by atoms with van der Waals surface area (Å²) in [6.07, 6.45) is 2.11. The molecule has 0 saturated carbocycles. The Labute approximate surface area is 158 Å². The molecule has 1 atom stereocenters. The molecule has 7 nitrogen and oxygen atoms in total. The zero-order valence-corrected chi connectivity index (χ0v) is 15.7. The number of hydrogen-bond donors (Lipinski definition) is 0. The number of alkyl halides is 2. The second-order valence-corrected chi connectivity index (χ2v) is 7.32. The molecule has 2 fully saturated rings. The van der Waals surface area contributed by atoms with Gasteiger partial charge in [0, 0.05) is 38.1 Å². The molecule has 4 heterocycles. The van der Waals surface area contributed by atoms with Gasteiger partial charge in [0.05, 0.1) is 32.9 Å². The van der Waals surface area contributed by atoms with Crippen LogP contribution in [0.1, 0.15) is 0 Å². The van der Waals surface area contributed by atoms with Gasteiger partial charge < -0.3 is 14.4 Å². The molecule has 0 radical (unpaired) electrons. The quantitative estimate of drug-likeness (QED) is 0.717. The van der Waals surface area contributed by atoms with E-state index in [1.807, 2.05) is 0 Å². The fourth-order valence-electron chi connectivity index (χ4n) is 3.36. The van der Waals surface area contributed by atoms with Crippen LogP contribution >= 0.6 is 15.9 Å². The first kappa shape index (κ1) is 18.0. The van der Waals surface area contributed by atoms with Crippen LogP contribution in [0.15, 0.2) is 23.1 Å². The Morgan fingerprint density at radius 1 is 1.35 bits per heavy atom. The minimum Gasteiger partial charge on any atom is -0.379 e. The Morgan fingerprint density at radius 3 is 2.96 bits per heavy atom. The fourth-order valence-corrected chi connectivity index (χ4v) is 3.75. The maximum atomic E-state index is 14.5. The van der Waals surface area contributed by atoms with Crippen LogP contribution in [0.5, 0.6) is 0 Å². The first-order valence-electron chi connectivity index (χ1n) is 8.57. The van der Waals surface area contributed by atoms with Gasteiger partial charge in [0.1, 0.15) is 16.2 Å². The van der Waals surface area contributed by atoms with Crippen molar-refractivity contribution in [1.82, 2.24) is 19.5 Å². The van der Waals surface area contributed by atoms with E-state index in [9.17, 15) is 8.78 Å². The predicted octanol–water partition coefficient (Wildman–Crippen LogP) is 1.66. The maximum absolute atomic E-state index is 14.5. The van der Waals surface area contributed by atoms with E-state index < -0.39 is 18.6 Å². The van der Waals surface area contributed by atoms with Crippen molar-refractivity contribution in [1.29, 1.82) is 0 Å². The maximum Gasteiger partial charge on any atom is 0.292 e. The van der Waals surface area contributed by atoms with Crippen LogP contribution in [-0.4, -0.2) is 84.1 Å². The molecule has 0 amide bonds. The Hall–Kier alpha value is -1.36. The summed E-state index contributed by atoms with van der Waals surface area (Å²) in [5.41, 5.74) is 0.684. The lowest BCUT2D eigenvalue weighted by molar-refractivity contribution is -0.109. The zero-order chi connectivity index (χ0) is 18.1. The van der Waals surface area contributed by atoms with Crippen molar-refractivity contribution in [2.24, 2.45) is 0 Å². The van der Waals surface area contributed by atoms with Crippen molar-refractivity contribution in [3.63, 3.8) is 0 Å². The number of halogens is 3. The normalized spacial score (nSPS) is 23.8. The van der Waals surface area contributed by atoms with Gasteiger partial charge in [-0.1, -0.05) is 0 Å². The number of nitrogens with zero attached hydrogens (tertiary/aromatic N) is 5. The third kappa shape index (κ3) is 3.68. The van der Waals surface area contributed by atoms with Crippen LogP contribution in [0.2, 0.25) is 0 Å². The van der Waals surface area contributed by atoms with E-state index in [1.54, 1.807) is 27.9 Å². The van der Waals surface area contributed by atoms with E-state index in [-0.39, 0.29) is 13.2 Å². The Bertz CT molecular complexity index is 768. The van der Waals surface area contributed by atoms with Gasteiger partial charge in [-0.25, -0.2) is 18.3 Å². The van der Waals surface area contributed by atoms with Crippen LogP contribution < -0.4 is 4.90 Å². The summed E-state index contributed by atoms with van der Waals surface area (Å²) in [5, 5.41) is 4.23. The summed E-state index contributed by atoms with van der Waals surface area (Å²) < 4.78 is 42.0. The van der Waals surface area contributed by atoms with Crippen molar-refractivity contribution in [3.8, 4) is 0 Å². The third-order valence-electron chi connectivity index (χ3n) is 4.73. The Kier molecular flexibility index (Phi) is 5.09. The molecule has 0 aliphatic carbocycles. The van der Waals surface area contributed by atoms with Crippen molar-refractivity contribution >= 4 is 27.3 Å². The summed E-state index contributed by atoms with van der Waals surface area (Å²) in [6.45, 7) is 3.62. The number of aromatic nitrogens is 3. The molecule has 2 aliphatic rings. The molecule has 0 bridgehead atoms. The third-order valence-corrected chi connectivity index (χ3v) is 5.12. The van der Waals surface area contributed by atoms with Crippen molar-refractivity contribution in [2.45, 2.75) is 12.0 Å². The van der Waals surface area contributed by atoms with Gasteiger partial charge in [0.15, 0.2) is 5.82 Å². The highest BCUT2D eigenvalue weighted by molar-refractivity contribution is 9.10. The highest BCUT2D eigenvalue weighted by Gasteiger charge is 2.49. The lowest BCUT2D eigenvalue weighted by Crippen LogP contribution is -2.40. The zero-order valence-electron chi connectivity index (χ0n) is 14.2. The number of hydrogen-bond acceptors (Lipinski definition) is 6. The van der Waals surface area contributed by atoms with Gasteiger partial charge >= 0.3 is 0 Å². The smallest absolute Gasteiger partial charge is 0.292 e. The summed E-state index contributed by atoms with van der Waals surface area (Å²) in [6, 6.07) is 1.77. The van der Waals surface area contributed by atoms with Crippen molar-refractivity contribution in [2.75, 3.05) is 57.4 Å². The molecular formula is C16H20BrF2N5O2. The molecule has 2 aromatic heterocycles. The molecular weight excluding hydrogens is 412 g/mol. The molecule has 1 unspecified atom stereocenters. The van der Waals surface area contributed by atoms with Crippen LogP contribution in [0.25, 0.3) is 5.52 Å². The summed E-state index contributed by atoms with van der Waals surface area (Å²) in [7, 11) is 0. The standard InChI is InChI=1S/C16H20BrF2N5O2/c17-14-9-12-15(20-1-2-24(12)21-14)23-10-13(16(18,19)11-23)26-8-5-22-3-6-25-7-4-22/h1-2,9,13H,3-8,10-11H2. The van der Waals surface area contributed by atoms with Gasteiger partial charge in [-0.05, 0) is 15.9 Å². The van der Waals surface area contributed by atoms with E-state index in [4.69, 9.17) is 9.47 Å². The van der Waals surface area contributed by atoms with Crippen LogP contribution in [0, 0.1) is 0 Å². The highest BCUT2D eigenvalue weighted by Crippen LogP contribution is 2.34. The Balaban J connectivity index is 1.42. The molecule has 26 heavy (non-hydrogen) atoms. The van der Waals surface area contributed by atoms with Crippen LogP contribution in [0.3, 0.4) is 0 Å². The van der Waals surface area contributed by atoms with E-state index >= 15 is 0 Å². The van der Waals surface area contributed by atoms with Gasteiger partial charge in [-0.15, -0.1) is 0 Å². The molecule has 0 spiro atoms. The first-order valence-corrected chi connectivity index (χ1v) is 9.36. The highest BCUT2D eigenvalue weighted by atomic mass is 79.9. The number of morpholine rings is 1. The van der Waals surface area contributed by atoms with Crippen LogP contribution in [0.4, 0.5) is 14.6 Å². The Morgan fingerprint density at radius 2 is 2.15 bits per heavy atom. The van der Waals surface area contributed by atoms with E-state index in [0.717, 1.165) is 13.1 Å². The van der Waals surface area contributed by atoms with Gasteiger partial charge in [-0.2, -0.15) is 5.10 Å². The van der Waals surface area contributed by atoms with Crippen molar-refractivity contribution < 1.29 is 18.3 Å². The number of rotatable bonds is 5. The molecule has 2 aliphatic heterocycles. The van der Waals surface area contributed by atoms with Gasteiger partial charge in [0.25, 0.3) is 5.92 Å². The monoisotopic (exact) mass is 431 g/mol. The summed E-state index contributed by atoms with van der Waals surface area (Å²) in [4.78, 5) is 8.03. The first-order chi connectivity index (χ1) is 12.5. The second-order valence-electron chi connectivity index (χ2n) is 6.50. The summed E-state index contributed by atoms with van der Waals surface area (Å²) >= 11 is 3.31. The minimum absolute atomic E-state index is 0.103. The molecule has 142 valence electrons. The molecule has 10 heteroatoms. The SMILES string of the molecule is FC1(F)CN(c2nccn3nc(Br)cc23)CC1OCCN1CCOCC1. The molecule has 0 aromatic carbocycles. The average Bonchev–Trinajstić information content (AvgIpc) is 3.14. The predicted molar refractivity (Wildman–Crippen MR) is 94.8 cm³/mol. The topological polar surface area (TPSA) is 55.1 Å². The van der Waals surface area contributed by atoms with E-state index in [0.29, 0.717) is 35.7 Å². The number of fused-ring (bicyclic) bond motifs is 1. The van der Waals surface area contributed by atoms with Gasteiger partial charge in [0.2, 0.25) is 0 Å².